The van der Waals surface area contributed by atoms with E-state index in [1.165, 1.54) is 37.6 Å². The molecule has 0 saturated carbocycles. The van der Waals surface area contributed by atoms with Crippen LogP contribution in [0.4, 0.5) is 11.4 Å². The number of aryl methyl sites for hydroxylation is 1. The Morgan fingerprint density at radius 2 is 1.86 bits per heavy atom. The number of carbonyl (C=O) groups is 2. The molecule has 0 aromatic heterocycles. The normalized spacial score (nSPS) is 10.7. The number of hydrazone groups is 1. The Labute approximate surface area is 216 Å². The molecule has 186 valence electrons. The van der Waals surface area contributed by atoms with Crippen molar-refractivity contribution >= 4 is 52.6 Å². The molecule has 3 aromatic carbocycles. The third-order valence-electron chi connectivity index (χ3n) is 4.83. The van der Waals surface area contributed by atoms with Crippen LogP contribution in [-0.4, -0.2) is 30.1 Å². The summed E-state index contributed by atoms with van der Waals surface area (Å²) in [5.74, 6) is -0.976. The molecule has 3 rings (SSSR count). The lowest BCUT2D eigenvalue weighted by molar-refractivity contribution is -0.385. The number of nitrogens with zero attached hydrogens (tertiary/aromatic N) is 2. The van der Waals surface area contributed by atoms with Gasteiger partial charge in [0.1, 0.15) is 18.1 Å². The summed E-state index contributed by atoms with van der Waals surface area (Å²) in [6.07, 6.45) is 1.34. The van der Waals surface area contributed by atoms with Gasteiger partial charge in [-0.15, -0.1) is 0 Å². The van der Waals surface area contributed by atoms with Gasteiger partial charge in [-0.3, -0.25) is 19.7 Å². The predicted molar refractivity (Wildman–Crippen MR) is 136 cm³/mol. The Kier molecular flexibility index (Phi) is 8.82. The molecule has 0 heterocycles. The molecule has 10 nitrogen and oxygen atoms in total. The van der Waals surface area contributed by atoms with Crippen LogP contribution in [0, 0.1) is 17.0 Å². The van der Waals surface area contributed by atoms with Gasteiger partial charge >= 0.3 is 11.8 Å². The maximum atomic E-state index is 12.1. The van der Waals surface area contributed by atoms with Gasteiger partial charge < -0.3 is 14.8 Å². The lowest BCUT2D eigenvalue weighted by atomic mass is 10.1. The van der Waals surface area contributed by atoms with Crippen LogP contribution >= 0.6 is 23.2 Å². The van der Waals surface area contributed by atoms with E-state index in [9.17, 15) is 19.7 Å². The first-order chi connectivity index (χ1) is 17.2. The highest BCUT2D eigenvalue weighted by Gasteiger charge is 2.15. The lowest BCUT2D eigenvalue weighted by Crippen LogP contribution is -2.32. The number of amides is 2. The van der Waals surface area contributed by atoms with Gasteiger partial charge in [0.25, 0.3) is 5.69 Å². The molecule has 2 N–H and O–H groups in total. The minimum atomic E-state index is -1.01. The van der Waals surface area contributed by atoms with Crippen molar-refractivity contribution in [3.63, 3.8) is 0 Å². The zero-order valence-electron chi connectivity index (χ0n) is 19.1. The predicted octanol–water partition coefficient (Wildman–Crippen LogP) is 4.89. The van der Waals surface area contributed by atoms with Crippen molar-refractivity contribution in [2.75, 3.05) is 12.4 Å². The number of nitro groups is 1. The first-order valence-corrected chi connectivity index (χ1v) is 11.1. The van der Waals surface area contributed by atoms with E-state index in [4.69, 9.17) is 32.7 Å². The van der Waals surface area contributed by atoms with Crippen molar-refractivity contribution in [3.05, 3.63) is 91.4 Å². The Balaban J connectivity index is 1.63. The molecule has 2 amide bonds. The first kappa shape index (κ1) is 26.5. The first-order valence-electron chi connectivity index (χ1n) is 10.3. The van der Waals surface area contributed by atoms with Crippen LogP contribution in [0.15, 0.2) is 59.7 Å². The molecule has 0 aliphatic heterocycles. The van der Waals surface area contributed by atoms with Crippen LogP contribution in [0.3, 0.4) is 0 Å². The SMILES string of the molecule is COc1ccc(C=NNC(=O)C(=O)Nc2cc(Cl)ccc2Cl)cc1COc1ccc([N+](=O)[O-])c(C)c1. The summed E-state index contributed by atoms with van der Waals surface area (Å²) in [7, 11) is 1.51. The number of carbonyl (C=O) groups excluding carboxylic acids is 2. The smallest absolute Gasteiger partial charge is 0.329 e. The molecule has 0 unspecified atom stereocenters. The highest BCUT2D eigenvalue weighted by molar-refractivity contribution is 6.42. The van der Waals surface area contributed by atoms with Crippen molar-refractivity contribution in [2.45, 2.75) is 13.5 Å². The number of benzene rings is 3. The number of rotatable bonds is 8. The molecule has 0 radical (unpaired) electrons. The number of ether oxygens (including phenoxy) is 2. The third-order valence-corrected chi connectivity index (χ3v) is 5.39. The standard InChI is InChI=1S/C24H20Cl2N4O6/c1-14-9-18(5-7-21(14)30(33)34)36-13-16-10-15(3-8-22(16)35-2)12-27-29-24(32)23(31)28-20-11-17(25)4-6-19(20)26/h3-12H,13H2,1-2H3,(H,28,31)(H,29,32). The van der Waals surface area contributed by atoms with Crippen LogP contribution in [-0.2, 0) is 16.2 Å². The zero-order valence-corrected chi connectivity index (χ0v) is 20.6. The average Bonchev–Trinajstić information content (AvgIpc) is 2.84. The Morgan fingerprint density at radius 3 is 2.56 bits per heavy atom. The molecule has 0 saturated heterocycles. The molecule has 0 aliphatic carbocycles. The van der Waals surface area contributed by atoms with Crippen molar-refractivity contribution in [1.82, 2.24) is 5.43 Å². The second-order valence-corrected chi connectivity index (χ2v) is 8.19. The maximum Gasteiger partial charge on any atom is 0.329 e. The molecule has 0 bridgehead atoms. The van der Waals surface area contributed by atoms with Gasteiger partial charge in [0.05, 0.1) is 29.0 Å². The number of halogens is 2. The van der Waals surface area contributed by atoms with Gasteiger partial charge in [0.2, 0.25) is 0 Å². The Hall–Kier alpha value is -4.15. The lowest BCUT2D eigenvalue weighted by Gasteiger charge is -2.11. The van der Waals surface area contributed by atoms with Gasteiger partial charge in [-0.05, 0) is 61.0 Å². The number of hydrogen-bond donors (Lipinski definition) is 2. The fraction of sp³-hybridized carbons (Fsp3) is 0.125. The van der Waals surface area contributed by atoms with Crippen molar-refractivity contribution in [1.29, 1.82) is 0 Å². The van der Waals surface area contributed by atoms with Crippen LogP contribution in [0.1, 0.15) is 16.7 Å². The summed E-state index contributed by atoms with van der Waals surface area (Å²) < 4.78 is 11.1. The molecule has 12 heteroatoms. The van der Waals surface area contributed by atoms with E-state index in [-0.39, 0.29) is 23.0 Å². The Bertz CT molecular complexity index is 1350. The van der Waals surface area contributed by atoms with Crippen LogP contribution in [0.2, 0.25) is 10.0 Å². The fourth-order valence-electron chi connectivity index (χ4n) is 3.06. The van der Waals surface area contributed by atoms with Gasteiger partial charge in [0.15, 0.2) is 0 Å². The van der Waals surface area contributed by atoms with E-state index >= 15 is 0 Å². The molecule has 0 aliphatic rings. The second kappa shape index (κ2) is 12.0. The van der Waals surface area contributed by atoms with Gasteiger partial charge in [-0.1, -0.05) is 23.2 Å². The summed E-state index contributed by atoms with van der Waals surface area (Å²) >= 11 is 11.8. The van der Waals surface area contributed by atoms with Crippen molar-refractivity contribution in [2.24, 2.45) is 5.10 Å². The molecule has 3 aromatic rings. The Morgan fingerprint density at radius 1 is 1.08 bits per heavy atom. The topological polar surface area (TPSA) is 132 Å². The van der Waals surface area contributed by atoms with Gasteiger partial charge in [0, 0.05) is 22.2 Å². The molecule has 0 atom stereocenters. The van der Waals surface area contributed by atoms with E-state index in [0.717, 1.165) is 0 Å². The number of nitrogens with one attached hydrogen (secondary N) is 2. The highest BCUT2D eigenvalue weighted by atomic mass is 35.5. The number of methoxy groups -OCH3 is 1. The zero-order chi connectivity index (χ0) is 26.2. The molecular weight excluding hydrogens is 511 g/mol. The summed E-state index contributed by atoms with van der Waals surface area (Å²) in [6, 6.07) is 14.0. The van der Waals surface area contributed by atoms with Crippen molar-refractivity contribution in [3.8, 4) is 11.5 Å². The molecule has 0 fully saturated rings. The third kappa shape index (κ3) is 6.94. The van der Waals surface area contributed by atoms with Gasteiger partial charge in [-0.25, -0.2) is 5.43 Å². The number of anilines is 1. The number of nitro benzene ring substituents is 1. The van der Waals surface area contributed by atoms with E-state index in [0.29, 0.717) is 33.2 Å². The summed E-state index contributed by atoms with van der Waals surface area (Å²) in [6.45, 7) is 1.73. The fourth-order valence-corrected chi connectivity index (χ4v) is 3.40. The van der Waals surface area contributed by atoms with Crippen LogP contribution < -0.4 is 20.2 Å². The minimum absolute atomic E-state index is 0.00420. The monoisotopic (exact) mass is 530 g/mol. The van der Waals surface area contributed by atoms with Crippen LogP contribution in [0.5, 0.6) is 11.5 Å². The summed E-state index contributed by atoms with van der Waals surface area (Å²) in [5.41, 5.74) is 4.06. The molecular formula is C24H20Cl2N4O6. The molecule has 0 spiro atoms. The van der Waals surface area contributed by atoms with E-state index in [1.54, 1.807) is 37.3 Å². The quantitative estimate of drug-likeness (QED) is 0.184. The van der Waals surface area contributed by atoms with E-state index < -0.39 is 16.7 Å². The van der Waals surface area contributed by atoms with Crippen molar-refractivity contribution < 1.29 is 24.0 Å². The average molecular weight is 531 g/mol. The van der Waals surface area contributed by atoms with Crippen LogP contribution in [0.25, 0.3) is 0 Å². The second-order valence-electron chi connectivity index (χ2n) is 7.34. The minimum Gasteiger partial charge on any atom is -0.496 e. The highest BCUT2D eigenvalue weighted by Crippen LogP contribution is 2.26. The van der Waals surface area contributed by atoms with E-state index in [2.05, 4.69) is 15.8 Å². The van der Waals surface area contributed by atoms with E-state index in [1.807, 2.05) is 0 Å². The number of hydrogen-bond acceptors (Lipinski definition) is 7. The molecule has 36 heavy (non-hydrogen) atoms. The summed E-state index contributed by atoms with van der Waals surface area (Å²) in [5, 5.41) is 17.7. The maximum absolute atomic E-state index is 12.1. The van der Waals surface area contributed by atoms with Gasteiger partial charge in [-0.2, -0.15) is 5.10 Å². The summed E-state index contributed by atoms with van der Waals surface area (Å²) in [4.78, 5) is 34.7. The largest absolute Gasteiger partial charge is 0.496 e.